The molecule has 0 bridgehead atoms. The summed E-state index contributed by atoms with van der Waals surface area (Å²) in [5.74, 6) is 3.76. The van der Waals surface area contributed by atoms with Crippen LogP contribution in [0, 0.1) is 13.8 Å². The van der Waals surface area contributed by atoms with E-state index in [2.05, 4.69) is 25.8 Å². The van der Waals surface area contributed by atoms with E-state index in [0.717, 1.165) is 0 Å². The SMILES string of the molecule is COc1ccc(Cl)cc1Nc1cc(Nc2cc(C)on2)nc(C)n1. The molecule has 2 N–H and O–H groups in total. The maximum Gasteiger partial charge on any atom is 0.175 e. The fourth-order valence-corrected chi connectivity index (χ4v) is 2.34. The molecule has 0 atom stereocenters. The van der Waals surface area contributed by atoms with Crippen molar-refractivity contribution >= 4 is 34.7 Å². The molecular weight excluding hydrogens is 330 g/mol. The fourth-order valence-electron chi connectivity index (χ4n) is 2.17. The Bertz CT molecular complexity index is 865. The Labute approximate surface area is 144 Å². The van der Waals surface area contributed by atoms with Gasteiger partial charge in [0.15, 0.2) is 5.82 Å². The van der Waals surface area contributed by atoms with Crippen molar-refractivity contribution in [2.24, 2.45) is 0 Å². The van der Waals surface area contributed by atoms with Gasteiger partial charge in [-0.1, -0.05) is 16.8 Å². The first-order valence-corrected chi connectivity index (χ1v) is 7.58. The van der Waals surface area contributed by atoms with Gasteiger partial charge in [-0.2, -0.15) is 0 Å². The van der Waals surface area contributed by atoms with E-state index in [4.69, 9.17) is 20.9 Å². The van der Waals surface area contributed by atoms with Crippen LogP contribution >= 0.6 is 11.6 Å². The molecule has 0 radical (unpaired) electrons. The molecule has 0 aliphatic heterocycles. The van der Waals surface area contributed by atoms with Gasteiger partial charge < -0.3 is 19.9 Å². The molecule has 3 rings (SSSR count). The summed E-state index contributed by atoms with van der Waals surface area (Å²) >= 11 is 6.05. The van der Waals surface area contributed by atoms with E-state index in [0.29, 0.717) is 45.5 Å². The van der Waals surface area contributed by atoms with Gasteiger partial charge in [0.1, 0.15) is 29.0 Å². The van der Waals surface area contributed by atoms with Crippen molar-refractivity contribution in [1.82, 2.24) is 15.1 Å². The van der Waals surface area contributed by atoms with Gasteiger partial charge in [-0.15, -0.1) is 0 Å². The Balaban J connectivity index is 1.87. The van der Waals surface area contributed by atoms with Crippen molar-refractivity contribution in [3.63, 3.8) is 0 Å². The molecule has 0 amide bonds. The maximum absolute atomic E-state index is 6.05. The molecule has 8 heteroatoms. The molecule has 0 saturated heterocycles. The predicted molar refractivity (Wildman–Crippen MR) is 92.6 cm³/mol. The molecule has 2 heterocycles. The standard InChI is InChI=1S/C16H16ClN5O2/c1-9-6-16(22-24-9)21-15-8-14(18-10(2)19-15)20-12-7-11(17)4-5-13(12)23-3/h4-8H,1-3H3,(H2,18,19,20,21,22). The van der Waals surface area contributed by atoms with Gasteiger partial charge in [0.2, 0.25) is 0 Å². The van der Waals surface area contributed by atoms with Crippen LogP contribution in [-0.4, -0.2) is 22.2 Å². The molecule has 0 saturated carbocycles. The molecule has 7 nitrogen and oxygen atoms in total. The van der Waals surface area contributed by atoms with Crippen LogP contribution in [0.3, 0.4) is 0 Å². The molecule has 24 heavy (non-hydrogen) atoms. The second-order valence-electron chi connectivity index (χ2n) is 5.10. The first-order valence-electron chi connectivity index (χ1n) is 7.20. The van der Waals surface area contributed by atoms with Crippen molar-refractivity contribution in [2.75, 3.05) is 17.7 Å². The Hall–Kier alpha value is -2.80. The number of aromatic nitrogens is 3. The lowest BCUT2D eigenvalue weighted by Gasteiger charge is -2.12. The van der Waals surface area contributed by atoms with Gasteiger partial charge in [-0.3, -0.25) is 0 Å². The quantitative estimate of drug-likeness (QED) is 0.715. The number of nitrogens with one attached hydrogen (secondary N) is 2. The van der Waals surface area contributed by atoms with Gasteiger partial charge in [0.25, 0.3) is 0 Å². The number of ether oxygens (including phenoxy) is 1. The number of anilines is 4. The van der Waals surface area contributed by atoms with E-state index in [1.807, 2.05) is 6.92 Å². The number of benzene rings is 1. The van der Waals surface area contributed by atoms with Crippen molar-refractivity contribution in [1.29, 1.82) is 0 Å². The van der Waals surface area contributed by atoms with Crippen LogP contribution in [0.15, 0.2) is 34.9 Å². The number of hydrogen-bond acceptors (Lipinski definition) is 7. The zero-order valence-corrected chi connectivity index (χ0v) is 14.2. The van der Waals surface area contributed by atoms with Crippen molar-refractivity contribution in [3.8, 4) is 5.75 Å². The van der Waals surface area contributed by atoms with Gasteiger partial charge in [-0.25, -0.2) is 9.97 Å². The number of nitrogens with zero attached hydrogens (tertiary/aromatic N) is 3. The first-order chi connectivity index (χ1) is 11.5. The zero-order valence-electron chi connectivity index (χ0n) is 13.4. The highest BCUT2D eigenvalue weighted by molar-refractivity contribution is 6.31. The molecular formula is C16H16ClN5O2. The van der Waals surface area contributed by atoms with Crippen LogP contribution in [0.4, 0.5) is 23.1 Å². The predicted octanol–water partition coefficient (Wildman–Crippen LogP) is 4.23. The van der Waals surface area contributed by atoms with Crippen molar-refractivity contribution in [2.45, 2.75) is 13.8 Å². The molecule has 1 aromatic carbocycles. The Morgan fingerprint density at radius 1 is 1.00 bits per heavy atom. The summed E-state index contributed by atoms with van der Waals surface area (Å²) in [6.45, 7) is 3.63. The monoisotopic (exact) mass is 345 g/mol. The second kappa shape index (κ2) is 6.76. The maximum atomic E-state index is 6.05. The Morgan fingerprint density at radius 2 is 1.75 bits per heavy atom. The smallest absolute Gasteiger partial charge is 0.175 e. The number of rotatable bonds is 5. The summed E-state index contributed by atoms with van der Waals surface area (Å²) in [5, 5.41) is 10.8. The Kier molecular flexibility index (Phi) is 4.52. The van der Waals surface area contributed by atoms with Crippen LogP contribution in [0.2, 0.25) is 5.02 Å². The second-order valence-corrected chi connectivity index (χ2v) is 5.54. The van der Waals surface area contributed by atoms with E-state index in [9.17, 15) is 0 Å². The minimum absolute atomic E-state index is 0.580. The lowest BCUT2D eigenvalue weighted by molar-refractivity contribution is 0.400. The van der Waals surface area contributed by atoms with E-state index in [1.165, 1.54) is 0 Å². The minimum atomic E-state index is 0.580. The molecule has 2 aromatic heterocycles. The van der Waals surface area contributed by atoms with Crippen LogP contribution in [0.5, 0.6) is 5.75 Å². The summed E-state index contributed by atoms with van der Waals surface area (Å²) < 4.78 is 10.4. The average Bonchev–Trinajstić information content (AvgIpc) is 2.92. The van der Waals surface area contributed by atoms with Gasteiger partial charge >= 0.3 is 0 Å². The summed E-state index contributed by atoms with van der Waals surface area (Å²) in [6.07, 6.45) is 0. The number of methoxy groups -OCH3 is 1. The van der Waals surface area contributed by atoms with Gasteiger partial charge in [-0.05, 0) is 32.0 Å². The van der Waals surface area contributed by atoms with Crippen LogP contribution in [-0.2, 0) is 0 Å². The fraction of sp³-hybridized carbons (Fsp3) is 0.188. The number of aryl methyl sites for hydroxylation is 2. The summed E-state index contributed by atoms with van der Waals surface area (Å²) in [5.41, 5.74) is 0.714. The normalized spacial score (nSPS) is 10.5. The highest BCUT2D eigenvalue weighted by Gasteiger charge is 2.09. The van der Waals surface area contributed by atoms with Gasteiger partial charge in [0, 0.05) is 17.2 Å². The highest BCUT2D eigenvalue weighted by atomic mass is 35.5. The van der Waals surface area contributed by atoms with Crippen molar-refractivity contribution < 1.29 is 9.26 Å². The Morgan fingerprint density at radius 3 is 2.42 bits per heavy atom. The molecule has 0 aliphatic rings. The van der Waals surface area contributed by atoms with E-state index >= 15 is 0 Å². The minimum Gasteiger partial charge on any atom is -0.495 e. The van der Waals surface area contributed by atoms with E-state index < -0.39 is 0 Å². The van der Waals surface area contributed by atoms with Crippen LogP contribution in [0.1, 0.15) is 11.6 Å². The summed E-state index contributed by atoms with van der Waals surface area (Å²) in [4.78, 5) is 8.72. The summed E-state index contributed by atoms with van der Waals surface area (Å²) in [6, 6.07) is 8.86. The van der Waals surface area contributed by atoms with Crippen molar-refractivity contribution in [3.05, 3.63) is 46.9 Å². The first kappa shape index (κ1) is 16.1. The highest BCUT2D eigenvalue weighted by Crippen LogP contribution is 2.30. The zero-order chi connectivity index (χ0) is 17.1. The lowest BCUT2D eigenvalue weighted by Crippen LogP contribution is -2.02. The third-order valence-electron chi connectivity index (χ3n) is 3.15. The average molecular weight is 346 g/mol. The number of hydrogen-bond donors (Lipinski definition) is 2. The van der Waals surface area contributed by atoms with Crippen LogP contribution < -0.4 is 15.4 Å². The van der Waals surface area contributed by atoms with E-state index in [1.54, 1.807) is 44.4 Å². The molecule has 0 spiro atoms. The molecule has 0 aliphatic carbocycles. The van der Waals surface area contributed by atoms with Gasteiger partial charge in [0.05, 0.1) is 12.8 Å². The molecule has 3 aromatic rings. The third kappa shape index (κ3) is 3.75. The summed E-state index contributed by atoms with van der Waals surface area (Å²) in [7, 11) is 1.60. The van der Waals surface area contributed by atoms with Crippen LogP contribution in [0.25, 0.3) is 0 Å². The third-order valence-corrected chi connectivity index (χ3v) is 3.38. The largest absolute Gasteiger partial charge is 0.495 e. The number of halogens is 1. The lowest BCUT2D eigenvalue weighted by atomic mass is 10.3. The van der Waals surface area contributed by atoms with E-state index in [-0.39, 0.29) is 0 Å². The topological polar surface area (TPSA) is 85.1 Å². The molecule has 0 unspecified atom stereocenters. The molecule has 124 valence electrons. The molecule has 0 fully saturated rings.